The van der Waals surface area contributed by atoms with E-state index in [1.54, 1.807) is 32.4 Å². The van der Waals surface area contributed by atoms with Crippen LogP contribution in [0.15, 0.2) is 36.4 Å². The second-order valence-corrected chi connectivity index (χ2v) is 7.19. The molecule has 176 valence electrons. The molecule has 10 heteroatoms. The van der Waals surface area contributed by atoms with E-state index in [-0.39, 0.29) is 23.7 Å². The number of piperazine rings is 1. The number of nitrogens with one attached hydrogen (secondary N) is 2. The highest BCUT2D eigenvalue weighted by Gasteiger charge is 2.40. The second-order valence-electron chi connectivity index (χ2n) is 7.19. The fraction of sp³-hybridized carbons (Fsp3) is 0.409. The maximum Gasteiger partial charge on any atom is 0.454 e. The van der Waals surface area contributed by atoms with E-state index in [2.05, 4.69) is 15.5 Å². The topological polar surface area (TPSA) is 62.8 Å². The van der Waals surface area contributed by atoms with Gasteiger partial charge in [-0.05, 0) is 42.3 Å². The molecule has 0 atom stereocenters. The van der Waals surface area contributed by atoms with Gasteiger partial charge in [-0.3, -0.25) is 4.79 Å². The fourth-order valence-electron chi connectivity index (χ4n) is 3.50. The molecule has 0 unspecified atom stereocenters. The van der Waals surface area contributed by atoms with Crippen molar-refractivity contribution in [2.75, 3.05) is 57.2 Å². The molecule has 0 spiro atoms. The SMILES string of the molecule is COc1cc(CCNc2cc(N3CCNCC3)ccc2C(=O)C(F)(F)F)cc(OC)c1.Cl. The molecule has 6 nitrogen and oxygen atoms in total. The number of carbonyl (C=O) groups is 1. The van der Waals surface area contributed by atoms with Crippen molar-refractivity contribution in [3.8, 4) is 11.5 Å². The number of methoxy groups -OCH3 is 2. The van der Waals surface area contributed by atoms with E-state index in [0.717, 1.165) is 37.4 Å². The van der Waals surface area contributed by atoms with Crippen molar-refractivity contribution < 1.29 is 27.4 Å². The summed E-state index contributed by atoms with van der Waals surface area (Å²) < 4.78 is 49.8. The molecule has 0 aliphatic carbocycles. The highest BCUT2D eigenvalue weighted by molar-refractivity contribution is 6.05. The molecule has 2 aromatic rings. The van der Waals surface area contributed by atoms with Crippen LogP contribution in [0.1, 0.15) is 15.9 Å². The van der Waals surface area contributed by atoms with Gasteiger partial charge in [-0.25, -0.2) is 0 Å². The molecule has 3 rings (SSSR count). The molecule has 0 aromatic heterocycles. The van der Waals surface area contributed by atoms with Crippen LogP contribution < -0.4 is 25.0 Å². The van der Waals surface area contributed by atoms with Crippen molar-refractivity contribution in [3.63, 3.8) is 0 Å². The number of alkyl halides is 3. The molecule has 0 saturated carbocycles. The predicted molar refractivity (Wildman–Crippen MR) is 121 cm³/mol. The second kappa shape index (κ2) is 11.3. The van der Waals surface area contributed by atoms with Crippen LogP contribution in [-0.4, -0.2) is 58.9 Å². The molecule has 1 fully saturated rings. The Balaban J connectivity index is 0.00000363. The monoisotopic (exact) mass is 473 g/mol. The molecule has 1 aliphatic heterocycles. The Morgan fingerprint density at radius 1 is 1.06 bits per heavy atom. The van der Waals surface area contributed by atoms with Crippen molar-refractivity contribution in [1.82, 2.24) is 5.32 Å². The van der Waals surface area contributed by atoms with Crippen LogP contribution in [-0.2, 0) is 6.42 Å². The molecule has 2 aromatic carbocycles. The first-order chi connectivity index (χ1) is 14.8. The number of Topliss-reactive ketones (excluding diaryl/α,β-unsaturated/α-hetero) is 1. The van der Waals surface area contributed by atoms with Gasteiger partial charge >= 0.3 is 6.18 Å². The van der Waals surface area contributed by atoms with E-state index in [1.807, 2.05) is 12.1 Å². The van der Waals surface area contributed by atoms with Gasteiger partial charge in [0.2, 0.25) is 0 Å². The van der Waals surface area contributed by atoms with Crippen LogP contribution in [0.5, 0.6) is 11.5 Å². The van der Waals surface area contributed by atoms with Gasteiger partial charge in [0.25, 0.3) is 5.78 Å². The summed E-state index contributed by atoms with van der Waals surface area (Å²) in [7, 11) is 3.10. The van der Waals surface area contributed by atoms with E-state index in [1.165, 1.54) is 6.07 Å². The van der Waals surface area contributed by atoms with Gasteiger partial charge in [-0.15, -0.1) is 12.4 Å². The number of anilines is 2. The third kappa shape index (κ3) is 6.43. The van der Waals surface area contributed by atoms with Crippen LogP contribution in [0, 0.1) is 0 Å². The lowest BCUT2D eigenvalue weighted by atomic mass is 10.1. The van der Waals surface area contributed by atoms with Crippen molar-refractivity contribution in [2.24, 2.45) is 0 Å². The van der Waals surface area contributed by atoms with E-state index in [4.69, 9.17) is 9.47 Å². The molecular weight excluding hydrogens is 447 g/mol. The maximum atomic E-state index is 13.1. The van der Waals surface area contributed by atoms with Crippen LogP contribution in [0.25, 0.3) is 0 Å². The van der Waals surface area contributed by atoms with Gasteiger partial charge in [0.1, 0.15) is 11.5 Å². The standard InChI is InChI=1S/C22H26F3N3O3.ClH/c1-30-17-11-15(12-18(14-17)31-2)5-6-27-20-13-16(28-9-7-26-8-10-28)3-4-19(20)21(29)22(23,24)25;/h3-4,11-14,26-27H,5-10H2,1-2H3;1H. The minimum Gasteiger partial charge on any atom is -0.497 e. The van der Waals surface area contributed by atoms with E-state index < -0.39 is 12.0 Å². The highest BCUT2D eigenvalue weighted by atomic mass is 35.5. The third-order valence-electron chi connectivity index (χ3n) is 5.13. The van der Waals surface area contributed by atoms with Crippen molar-refractivity contribution >= 4 is 29.6 Å². The first-order valence-electron chi connectivity index (χ1n) is 9.99. The van der Waals surface area contributed by atoms with Crippen LogP contribution in [0.3, 0.4) is 0 Å². The summed E-state index contributed by atoms with van der Waals surface area (Å²) in [6, 6.07) is 9.86. The predicted octanol–water partition coefficient (Wildman–Crippen LogP) is 3.93. The van der Waals surface area contributed by atoms with Gasteiger partial charge in [0.15, 0.2) is 0 Å². The third-order valence-corrected chi connectivity index (χ3v) is 5.13. The number of nitrogens with zero attached hydrogens (tertiary/aromatic N) is 1. The minimum atomic E-state index is -4.94. The summed E-state index contributed by atoms with van der Waals surface area (Å²) in [4.78, 5) is 14.0. The lowest BCUT2D eigenvalue weighted by Gasteiger charge is -2.30. The zero-order valence-electron chi connectivity index (χ0n) is 17.9. The number of carbonyl (C=O) groups excluding carboxylic acids is 1. The number of benzene rings is 2. The zero-order chi connectivity index (χ0) is 22.4. The van der Waals surface area contributed by atoms with Crippen molar-refractivity contribution in [1.29, 1.82) is 0 Å². The smallest absolute Gasteiger partial charge is 0.454 e. The van der Waals surface area contributed by atoms with E-state index in [0.29, 0.717) is 24.5 Å². The molecule has 1 heterocycles. The van der Waals surface area contributed by atoms with E-state index in [9.17, 15) is 18.0 Å². The van der Waals surface area contributed by atoms with E-state index >= 15 is 0 Å². The Hall–Kier alpha value is -2.65. The van der Waals surface area contributed by atoms with Crippen LogP contribution in [0.4, 0.5) is 24.5 Å². The normalized spacial score (nSPS) is 13.8. The quantitative estimate of drug-likeness (QED) is 0.566. The van der Waals surface area contributed by atoms with Crippen molar-refractivity contribution in [3.05, 3.63) is 47.5 Å². The zero-order valence-corrected chi connectivity index (χ0v) is 18.7. The summed E-state index contributed by atoms with van der Waals surface area (Å²) in [5.74, 6) is -0.601. The van der Waals surface area contributed by atoms with Gasteiger partial charge < -0.3 is 25.0 Å². The van der Waals surface area contributed by atoms with Gasteiger partial charge in [0, 0.05) is 50.2 Å². The molecule has 0 amide bonds. The molecule has 0 radical (unpaired) electrons. The lowest BCUT2D eigenvalue weighted by molar-refractivity contribution is -0.0884. The average molecular weight is 474 g/mol. The largest absolute Gasteiger partial charge is 0.497 e. The minimum absolute atomic E-state index is 0. The Morgan fingerprint density at radius 3 is 2.25 bits per heavy atom. The number of hydrogen-bond donors (Lipinski definition) is 2. The average Bonchev–Trinajstić information content (AvgIpc) is 2.78. The summed E-state index contributed by atoms with van der Waals surface area (Å²) in [5.41, 5.74) is 1.47. The number of rotatable bonds is 8. The summed E-state index contributed by atoms with van der Waals surface area (Å²) >= 11 is 0. The first-order valence-corrected chi connectivity index (χ1v) is 9.99. The molecule has 0 bridgehead atoms. The highest BCUT2D eigenvalue weighted by Crippen LogP contribution is 2.30. The summed E-state index contributed by atoms with van der Waals surface area (Å²) in [5, 5.41) is 6.26. The van der Waals surface area contributed by atoms with Crippen LogP contribution >= 0.6 is 12.4 Å². The number of ketones is 1. The molecular formula is C22H27ClF3N3O3. The molecule has 1 saturated heterocycles. The Kier molecular flexibility index (Phi) is 9.03. The Bertz CT molecular complexity index is 897. The van der Waals surface area contributed by atoms with Gasteiger partial charge in [-0.1, -0.05) is 0 Å². The summed E-state index contributed by atoms with van der Waals surface area (Å²) in [6.07, 6.45) is -4.43. The number of ether oxygens (including phenoxy) is 2. The lowest BCUT2D eigenvalue weighted by Crippen LogP contribution is -2.43. The fourth-order valence-corrected chi connectivity index (χ4v) is 3.50. The van der Waals surface area contributed by atoms with Crippen molar-refractivity contribution in [2.45, 2.75) is 12.6 Å². The molecule has 32 heavy (non-hydrogen) atoms. The van der Waals surface area contributed by atoms with Crippen LogP contribution in [0.2, 0.25) is 0 Å². The summed E-state index contributed by atoms with van der Waals surface area (Å²) in [6.45, 7) is 3.41. The molecule has 2 N–H and O–H groups in total. The Labute approximate surface area is 191 Å². The number of hydrogen-bond acceptors (Lipinski definition) is 6. The maximum absolute atomic E-state index is 13.1. The first kappa shape index (κ1) is 25.6. The molecule has 1 aliphatic rings. The van der Waals surface area contributed by atoms with Gasteiger partial charge in [-0.2, -0.15) is 13.2 Å². The van der Waals surface area contributed by atoms with Gasteiger partial charge in [0.05, 0.1) is 19.8 Å². The number of halogens is 4. The Morgan fingerprint density at radius 2 is 1.69 bits per heavy atom.